The third-order valence-electron chi connectivity index (χ3n) is 2.10. The van der Waals surface area contributed by atoms with Crippen molar-refractivity contribution >= 4 is 11.6 Å². The number of alkyl halides is 4. The van der Waals surface area contributed by atoms with E-state index in [0.29, 0.717) is 5.56 Å². The Hall–Kier alpha value is -0.810. The van der Waals surface area contributed by atoms with Gasteiger partial charge in [-0.05, 0) is 17.7 Å². The zero-order valence-corrected chi connectivity index (χ0v) is 9.73. The van der Waals surface area contributed by atoms with Gasteiger partial charge in [-0.1, -0.05) is 12.1 Å². The van der Waals surface area contributed by atoms with Crippen LogP contribution in [0.3, 0.4) is 0 Å². The Morgan fingerprint density at radius 2 is 1.94 bits per heavy atom. The molecule has 0 spiro atoms. The van der Waals surface area contributed by atoms with Crippen molar-refractivity contribution < 1.29 is 17.6 Å². The van der Waals surface area contributed by atoms with Gasteiger partial charge >= 0.3 is 6.18 Å². The van der Waals surface area contributed by atoms with Gasteiger partial charge in [-0.15, -0.1) is 11.6 Å². The summed E-state index contributed by atoms with van der Waals surface area (Å²) in [7, 11) is 0. The fraction of sp³-hybridized carbons (Fsp3) is 0.455. The lowest BCUT2D eigenvalue weighted by Gasteiger charge is -2.22. The van der Waals surface area contributed by atoms with Crippen LogP contribution in [0.2, 0.25) is 0 Å². The molecule has 0 aliphatic rings. The second kappa shape index (κ2) is 6.21. The van der Waals surface area contributed by atoms with Crippen molar-refractivity contribution in [2.24, 2.45) is 0 Å². The van der Waals surface area contributed by atoms with Crippen molar-refractivity contribution in [3.05, 3.63) is 35.6 Å². The molecule has 6 heteroatoms. The molecule has 0 saturated heterocycles. The van der Waals surface area contributed by atoms with Crippen LogP contribution in [0.25, 0.3) is 0 Å². The zero-order valence-electron chi connectivity index (χ0n) is 8.97. The number of nitrogens with zero attached hydrogens (tertiary/aromatic N) is 1. The Morgan fingerprint density at radius 3 is 2.47 bits per heavy atom. The molecule has 0 aliphatic heterocycles. The maximum absolute atomic E-state index is 12.9. The highest BCUT2D eigenvalue weighted by molar-refractivity contribution is 6.18. The number of halogens is 5. The molecule has 0 aromatic heterocycles. The average Bonchev–Trinajstić information content (AvgIpc) is 2.15. The van der Waals surface area contributed by atoms with E-state index >= 15 is 0 Å². The fourth-order valence-corrected chi connectivity index (χ4v) is 1.72. The number of benzene rings is 1. The van der Waals surface area contributed by atoms with Gasteiger partial charge in [-0.3, -0.25) is 4.90 Å². The van der Waals surface area contributed by atoms with E-state index in [0.717, 1.165) is 4.90 Å². The van der Waals surface area contributed by atoms with Gasteiger partial charge in [0.2, 0.25) is 0 Å². The molecule has 1 nitrogen and oxygen atoms in total. The lowest BCUT2D eigenvalue weighted by Crippen LogP contribution is -2.35. The summed E-state index contributed by atoms with van der Waals surface area (Å²) in [5, 5.41) is 0. The van der Waals surface area contributed by atoms with Gasteiger partial charge in [0.05, 0.1) is 6.54 Å². The van der Waals surface area contributed by atoms with Gasteiger partial charge in [-0.25, -0.2) is 4.39 Å². The topological polar surface area (TPSA) is 3.24 Å². The molecule has 0 unspecified atom stereocenters. The van der Waals surface area contributed by atoms with Crippen LogP contribution in [0.1, 0.15) is 5.56 Å². The molecule has 0 fully saturated rings. The van der Waals surface area contributed by atoms with E-state index in [2.05, 4.69) is 0 Å². The Bertz CT molecular complexity index is 354. The van der Waals surface area contributed by atoms with E-state index in [4.69, 9.17) is 11.6 Å². The Kier molecular flexibility index (Phi) is 5.21. The highest BCUT2D eigenvalue weighted by atomic mass is 35.5. The van der Waals surface area contributed by atoms with Gasteiger partial charge in [0.15, 0.2) is 0 Å². The van der Waals surface area contributed by atoms with Crippen LogP contribution < -0.4 is 0 Å². The van der Waals surface area contributed by atoms with Crippen molar-refractivity contribution in [3.8, 4) is 0 Å². The largest absolute Gasteiger partial charge is 0.401 e. The lowest BCUT2D eigenvalue weighted by molar-refractivity contribution is -0.146. The van der Waals surface area contributed by atoms with Gasteiger partial charge in [-0.2, -0.15) is 13.2 Å². The van der Waals surface area contributed by atoms with Crippen LogP contribution in [-0.2, 0) is 6.54 Å². The maximum atomic E-state index is 12.9. The van der Waals surface area contributed by atoms with Gasteiger partial charge in [0.1, 0.15) is 5.82 Å². The molecule has 1 aromatic rings. The van der Waals surface area contributed by atoms with Crippen LogP contribution in [0, 0.1) is 5.82 Å². The minimum atomic E-state index is -4.28. The minimum absolute atomic E-state index is 0.0317. The van der Waals surface area contributed by atoms with E-state index in [1.807, 2.05) is 0 Å². The number of rotatable bonds is 5. The highest BCUT2D eigenvalue weighted by Gasteiger charge is 2.30. The normalized spacial score (nSPS) is 12.1. The first kappa shape index (κ1) is 14.3. The van der Waals surface area contributed by atoms with Crippen molar-refractivity contribution in [3.63, 3.8) is 0 Å². The highest BCUT2D eigenvalue weighted by Crippen LogP contribution is 2.18. The Morgan fingerprint density at radius 1 is 1.24 bits per heavy atom. The van der Waals surface area contributed by atoms with Crippen LogP contribution >= 0.6 is 11.6 Å². The Labute approximate surface area is 102 Å². The van der Waals surface area contributed by atoms with E-state index in [-0.39, 0.29) is 19.0 Å². The summed E-state index contributed by atoms with van der Waals surface area (Å²) in [6, 6.07) is 5.52. The summed E-state index contributed by atoms with van der Waals surface area (Å²) >= 11 is 5.44. The summed E-state index contributed by atoms with van der Waals surface area (Å²) in [5.41, 5.74) is 0.499. The molecule has 0 bridgehead atoms. The number of hydrogen-bond acceptors (Lipinski definition) is 1. The van der Waals surface area contributed by atoms with E-state index in [9.17, 15) is 17.6 Å². The summed E-state index contributed by atoms with van der Waals surface area (Å²) < 4.78 is 49.6. The second-order valence-corrected chi connectivity index (χ2v) is 4.02. The monoisotopic (exact) mass is 269 g/mol. The Balaban J connectivity index is 2.66. The summed E-state index contributed by atoms with van der Waals surface area (Å²) in [5.74, 6) is -0.355. The minimum Gasteiger partial charge on any atom is -0.290 e. The number of hydrogen-bond donors (Lipinski definition) is 0. The van der Waals surface area contributed by atoms with Crippen LogP contribution in [0.4, 0.5) is 17.6 Å². The van der Waals surface area contributed by atoms with Crippen LogP contribution in [0.5, 0.6) is 0 Å². The quantitative estimate of drug-likeness (QED) is 0.585. The van der Waals surface area contributed by atoms with Crippen molar-refractivity contribution in [1.82, 2.24) is 4.90 Å². The lowest BCUT2D eigenvalue weighted by atomic mass is 10.2. The molecule has 0 N–H and O–H groups in total. The second-order valence-electron chi connectivity index (χ2n) is 3.64. The standard InChI is InChI=1S/C11H12ClF4N/c12-4-5-17(8-11(14,15)16)7-9-2-1-3-10(13)6-9/h1-3,6H,4-5,7-8H2. The molecule has 1 aromatic carbocycles. The SMILES string of the molecule is Fc1cccc(CN(CCCl)CC(F)(F)F)c1. The molecule has 17 heavy (non-hydrogen) atoms. The zero-order chi connectivity index (χ0) is 12.9. The van der Waals surface area contributed by atoms with Gasteiger partial charge in [0, 0.05) is 19.0 Å². The molecule has 96 valence electrons. The first-order valence-corrected chi connectivity index (χ1v) is 5.53. The van der Waals surface area contributed by atoms with E-state index < -0.39 is 18.5 Å². The van der Waals surface area contributed by atoms with Crippen LogP contribution in [-0.4, -0.2) is 30.0 Å². The molecule has 0 atom stereocenters. The third kappa shape index (κ3) is 5.89. The first-order chi connectivity index (χ1) is 7.90. The van der Waals surface area contributed by atoms with Crippen molar-refractivity contribution in [1.29, 1.82) is 0 Å². The molecule has 0 radical (unpaired) electrons. The van der Waals surface area contributed by atoms with Gasteiger partial charge < -0.3 is 0 Å². The van der Waals surface area contributed by atoms with Crippen molar-refractivity contribution in [2.45, 2.75) is 12.7 Å². The van der Waals surface area contributed by atoms with Crippen LogP contribution in [0.15, 0.2) is 24.3 Å². The summed E-state index contributed by atoms with van der Waals surface area (Å²) in [4.78, 5) is 1.14. The molecule has 0 amide bonds. The predicted octanol–water partition coefficient (Wildman–Crippen LogP) is 3.43. The molecule has 0 aliphatic carbocycles. The average molecular weight is 270 g/mol. The molecular weight excluding hydrogens is 258 g/mol. The van der Waals surface area contributed by atoms with Gasteiger partial charge in [0.25, 0.3) is 0 Å². The summed E-state index contributed by atoms with van der Waals surface area (Å²) in [6.45, 7) is -0.905. The van der Waals surface area contributed by atoms with E-state index in [1.165, 1.54) is 18.2 Å². The molecule has 0 saturated carbocycles. The molecular formula is C11H12ClF4N. The molecule has 1 rings (SSSR count). The predicted molar refractivity (Wildman–Crippen MR) is 58.5 cm³/mol. The molecule has 0 heterocycles. The first-order valence-electron chi connectivity index (χ1n) is 5.00. The smallest absolute Gasteiger partial charge is 0.290 e. The maximum Gasteiger partial charge on any atom is 0.401 e. The van der Waals surface area contributed by atoms with Crippen molar-refractivity contribution in [2.75, 3.05) is 19.0 Å². The third-order valence-corrected chi connectivity index (χ3v) is 2.27. The summed E-state index contributed by atoms with van der Waals surface area (Å²) in [6.07, 6.45) is -4.28. The van der Waals surface area contributed by atoms with E-state index in [1.54, 1.807) is 6.07 Å². The fourth-order valence-electron chi connectivity index (χ4n) is 1.48.